The first-order chi connectivity index (χ1) is 8.72. The van der Waals surface area contributed by atoms with Gasteiger partial charge in [0.25, 0.3) is 0 Å². The fourth-order valence-corrected chi connectivity index (χ4v) is 2.87. The summed E-state index contributed by atoms with van der Waals surface area (Å²) in [7, 11) is 0. The number of hydrogen-bond donors (Lipinski definition) is 1. The summed E-state index contributed by atoms with van der Waals surface area (Å²) in [6.45, 7) is 1.90. The molecule has 0 unspecified atom stereocenters. The van der Waals surface area contributed by atoms with Crippen molar-refractivity contribution in [2.45, 2.75) is 19.8 Å². The second-order valence-electron chi connectivity index (χ2n) is 4.61. The normalized spacial score (nSPS) is 16.1. The first-order valence-electron chi connectivity index (χ1n) is 6.18. The van der Waals surface area contributed by atoms with E-state index in [1.165, 1.54) is 16.3 Å². The molecule has 18 heavy (non-hydrogen) atoms. The van der Waals surface area contributed by atoms with Gasteiger partial charge in [0.05, 0.1) is 0 Å². The molecule has 1 aliphatic rings. The van der Waals surface area contributed by atoms with Gasteiger partial charge in [-0.15, -0.1) is 0 Å². The Hall–Kier alpha value is -2.09. The molecule has 90 valence electrons. The largest absolute Gasteiger partial charge is 0.478 e. The van der Waals surface area contributed by atoms with Crippen molar-refractivity contribution in [1.82, 2.24) is 0 Å². The van der Waals surface area contributed by atoms with E-state index in [4.69, 9.17) is 0 Å². The van der Waals surface area contributed by atoms with E-state index in [0.717, 1.165) is 17.6 Å². The Bertz CT molecular complexity index is 675. The number of carbonyl (C=O) groups is 1. The maximum absolute atomic E-state index is 11.3. The van der Waals surface area contributed by atoms with Crippen molar-refractivity contribution in [3.63, 3.8) is 0 Å². The average Bonchev–Trinajstić information content (AvgIpc) is 2.72. The Morgan fingerprint density at radius 1 is 1.22 bits per heavy atom. The third kappa shape index (κ3) is 1.46. The standard InChI is InChI=1S/C16H14O2/c1-2-12(16(17)18)14-9-11-7-3-5-10-6-4-8-13(14)15(10)11/h3-8H,2,9H2,1H3,(H,17,18). The zero-order valence-electron chi connectivity index (χ0n) is 10.2. The van der Waals surface area contributed by atoms with Crippen LogP contribution < -0.4 is 0 Å². The highest BCUT2D eigenvalue weighted by atomic mass is 16.4. The van der Waals surface area contributed by atoms with Crippen molar-refractivity contribution in [2.24, 2.45) is 0 Å². The van der Waals surface area contributed by atoms with Crippen LogP contribution in [-0.2, 0) is 11.2 Å². The lowest BCUT2D eigenvalue weighted by atomic mass is 9.99. The summed E-state index contributed by atoms with van der Waals surface area (Å²) >= 11 is 0. The molecule has 0 radical (unpaired) electrons. The molecular formula is C16H14O2. The number of allylic oxidation sites excluding steroid dienone is 1. The van der Waals surface area contributed by atoms with Gasteiger partial charge >= 0.3 is 5.97 Å². The summed E-state index contributed by atoms with van der Waals surface area (Å²) in [4.78, 5) is 11.3. The number of carboxylic acids is 1. The molecule has 0 saturated carbocycles. The second-order valence-corrected chi connectivity index (χ2v) is 4.61. The van der Waals surface area contributed by atoms with Crippen molar-refractivity contribution < 1.29 is 9.90 Å². The van der Waals surface area contributed by atoms with Gasteiger partial charge < -0.3 is 5.11 Å². The van der Waals surface area contributed by atoms with Gasteiger partial charge in [0, 0.05) is 5.57 Å². The Morgan fingerprint density at radius 2 is 1.94 bits per heavy atom. The van der Waals surface area contributed by atoms with E-state index in [-0.39, 0.29) is 0 Å². The Labute approximate surface area is 106 Å². The monoisotopic (exact) mass is 238 g/mol. The molecule has 0 bridgehead atoms. The van der Waals surface area contributed by atoms with Crippen LogP contribution in [0.5, 0.6) is 0 Å². The van der Waals surface area contributed by atoms with Crippen molar-refractivity contribution in [1.29, 1.82) is 0 Å². The topological polar surface area (TPSA) is 37.3 Å². The van der Waals surface area contributed by atoms with Crippen LogP contribution in [0.15, 0.2) is 42.0 Å². The maximum atomic E-state index is 11.3. The second kappa shape index (κ2) is 3.98. The van der Waals surface area contributed by atoms with Crippen LogP contribution in [0, 0.1) is 0 Å². The number of aliphatic carboxylic acids is 1. The van der Waals surface area contributed by atoms with Gasteiger partial charge in [-0.2, -0.15) is 0 Å². The lowest BCUT2D eigenvalue weighted by molar-refractivity contribution is -0.132. The van der Waals surface area contributed by atoms with Crippen LogP contribution in [0.1, 0.15) is 24.5 Å². The fraction of sp³-hybridized carbons (Fsp3) is 0.188. The van der Waals surface area contributed by atoms with Gasteiger partial charge in [-0.05, 0) is 40.3 Å². The number of benzene rings is 2. The van der Waals surface area contributed by atoms with E-state index >= 15 is 0 Å². The summed E-state index contributed by atoms with van der Waals surface area (Å²) in [5.41, 5.74) is 3.86. The van der Waals surface area contributed by atoms with Gasteiger partial charge in [-0.1, -0.05) is 43.3 Å². The molecule has 2 aromatic carbocycles. The Balaban J connectivity index is 2.35. The molecule has 0 aliphatic heterocycles. The van der Waals surface area contributed by atoms with Gasteiger partial charge in [0.15, 0.2) is 0 Å². The number of rotatable bonds is 2. The fourth-order valence-electron chi connectivity index (χ4n) is 2.87. The molecule has 0 heterocycles. The van der Waals surface area contributed by atoms with E-state index < -0.39 is 5.97 Å². The molecule has 0 aromatic heterocycles. The van der Waals surface area contributed by atoms with Crippen molar-refractivity contribution in [3.05, 3.63) is 53.1 Å². The van der Waals surface area contributed by atoms with E-state index in [0.29, 0.717) is 12.0 Å². The lowest BCUT2D eigenvalue weighted by Gasteiger charge is -2.06. The van der Waals surface area contributed by atoms with E-state index in [1.54, 1.807) is 0 Å². The molecule has 2 aromatic rings. The van der Waals surface area contributed by atoms with Gasteiger partial charge in [0.1, 0.15) is 0 Å². The summed E-state index contributed by atoms with van der Waals surface area (Å²) < 4.78 is 0. The minimum atomic E-state index is -0.794. The Morgan fingerprint density at radius 3 is 2.61 bits per heavy atom. The van der Waals surface area contributed by atoms with Crippen LogP contribution in [-0.4, -0.2) is 11.1 Å². The highest BCUT2D eigenvalue weighted by Gasteiger charge is 2.23. The minimum absolute atomic E-state index is 0.540. The quantitative estimate of drug-likeness (QED) is 0.811. The van der Waals surface area contributed by atoms with Crippen LogP contribution in [0.25, 0.3) is 16.3 Å². The number of carboxylic acid groups (broad SMARTS) is 1. The third-order valence-electron chi connectivity index (χ3n) is 3.66. The van der Waals surface area contributed by atoms with Crippen LogP contribution in [0.4, 0.5) is 0 Å². The highest BCUT2D eigenvalue weighted by molar-refractivity contribution is 6.07. The first-order valence-corrected chi connectivity index (χ1v) is 6.18. The van der Waals surface area contributed by atoms with Crippen LogP contribution >= 0.6 is 0 Å². The summed E-state index contributed by atoms with van der Waals surface area (Å²) in [6, 6.07) is 12.3. The highest BCUT2D eigenvalue weighted by Crippen LogP contribution is 2.39. The summed E-state index contributed by atoms with van der Waals surface area (Å²) in [5.74, 6) is -0.794. The smallest absolute Gasteiger partial charge is 0.331 e. The maximum Gasteiger partial charge on any atom is 0.331 e. The number of hydrogen-bond acceptors (Lipinski definition) is 1. The zero-order valence-corrected chi connectivity index (χ0v) is 10.2. The van der Waals surface area contributed by atoms with E-state index in [9.17, 15) is 9.90 Å². The summed E-state index contributed by atoms with van der Waals surface area (Å²) in [5, 5.41) is 11.7. The molecule has 2 nitrogen and oxygen atoms in total. The lowest BCUT2D eigenvalue weighted by Crippen LogP contribution is -2.03. The molecule has 1 N–H and O–H groups in total. The SMILES string of the molecule is CCC(C(=O)O)=C1Cc2cccc3cccc1c23. The predicted octanol–water partition coefficient (Wildman–Crippen LogP) is 3.64. The average molecular weight is 238 g/mol. The van der Waals surface area contributed by atoms with Gasteiger partial charge in [0.2, 0.25) is 0 Å². The third-order valence-corrected chi connectivity index (χ3v) is 3.66. The van der Waals surface area contributed by atoms with Crippen molar-refractivity contribution >= 4 is 22.3 Å². The minimum Gasteiger partial charge on any atom is -0.478 e. The van der Waals surface area contributed by atoms with Gasteiger partial charge in [-0.25, -0.2) is 4.79 Å². The first kappa shape index (κ1) is 11.0. The zero-order chi connectivity index (χ0) is 12.7. The molecule has 1 aliphatic carbocycles. The van der Waals surface area contributed by atoms with Crippen molar-refractivity contribution in [3.8, 4) is 0 Å². The molecule has 3 rings (SSSR count). The summed E-state index contributed by atoms with van der Waals surface area (Å²) in [6.07, 6.45) is 1.31. The van der Waals surface area contributed by atoms with Crippen molar-refractivity contribution in [2.75, 3.05) is 0 Å². The van der Waals surface area contributed by atoms with Gasteiger partial charge in [-0.3, -0.25) is 0 Å². The molecule has 0 fully saturated rings. The molecule has 0 spiro atoms. The molecular weight excluding hydrogens is 224 g/mol. The molecule has 0 atom stereocenters. The van der Waals surface area contributed by atoms with E-state index in [2.05, 4.69) is 18.2 Å². The van der Waals surface area contributed by atoms with E-state index in [1.807, 2.05) is 25.1 Å². The molecule has 0 saturated heterocycles. The predicted molar refractivity (Wildman–Crippen MR) is 72.5 cm³/mol. The van der Waals surface area contributed by atoms with Crippen LogP contribution in [0.3, 0.4) is 0 Å². The Kier molecular flexibility index (Phi) is 2.44. The van der Waals surface area contributed by atoms with Crippen LogP contribution in [0.2, 0.25) is 0 Å². The molecule has 2 heteroatoms. The molecule has 0 amide bonds.